The maximum atomic E-state index is 12.6. The summed E-state index contributed by atoms with van der Waals surface area (Å²) >= 11 is 6.01. The molecule has 0 aliphatic heterocycles. The van der Waals surface area contributed by atoms with Gasteiger partial charge in [-0.3, -0.25) is 9.52 Å². The van der Waals surface area contributed by atoms with E-state index < -0.39 is 10.0 Å². The zero-order chi connectivity index (χ0) is 18.6. The Morgan fingerprint density at radius 1 is 1.08 bits per heavy atom. The third-order valence-electron chi connectivity index (χ3n) is 4.17. The summed E-state index contributed by atoms with van der Waals surface area (Å²) in [6.07, 6.45) is 6.46. The van der Waals surface area contributed by atoms with Crippen LogP contribution in [-0.4, -0.2) is 14.3 Å². The van der Waals surface area contributed by atoms with Crippen LogP contribution in [0.25, 0.3) is 0 Å². The van der Waals surface area contributed by atoms with E-state index >= 15 is 0 Å². The molecule has 3 rings (SSSR count). The average Bonchev–Trinajstić information content (AvgIpc) is 2.64. The lowest BCUT2D eigenvalue weighted by Crippen LogP contribution is -2.23. The molecule has 1 atom stereocenters. The maximum Gasteiger partial charge on any atom is 0.262 e. The van der Waals surface area contributed by atoms with Crippen LogP contribution in [0.4, 0.5) is 11.4 Å². The Kier molecular flexibility index (Phi) is 5.64. The molecule has 136 valence electrons. The number of amides is 1. The molecule has 0 spiro atoms. The summed E-state index contributed by atoms with van der Waals surface area (Å²) in [7, 11) is -3.82. The van der Waals surface area contributed by atoms with Crippen LogP contribution in [-0.2, 0) is 14.8 Å². The van der Waals surface area contributed by atoms with E-state index in [1.165, 1.54) is 12.1 Å². The summed E-state index contributed by atoms with van der Waals surface area (Å²) in [5, 5.41) is 3.12. The molecule has 1 unspecified atom stereocenters. The minimum Gasteiger partial charge on any atom is -0.326 e. The van der Waals surface area contributed by atoms with Gasteiger partial charge in [-0.15, -0.1) is 0 Å². The Morgan fingerprint density at radius 2 is 1.88 bits per heavy atom. The van der Waals surface area contributed by atoms with Gasteiger partial charge < -0.3 is 5.32 Å². The van der Waals surface area contributed by atoms with Crippen LogP contribution in [0.3, 0.4) is 0 Å². The predicted molar refractivity (Wildman–Crippen MR) is 104 cm³/mol. The maximum absolute atomic E-state index is 12.6. The number of carbonyl (C=O) groups excluding carboxylic acids is 1. The van der Waals surface area contributed by atoms with Crippen LogP contribution in [0.15, 0.2) is 65.6 Å². The molecule has 1 aliphatic rings. The number of benzene rings is 2. The lowest BCUT2D eigenvalue weighted by Gasteiger charge is -2.17. The van der Waals surface area contributed by atoms with Gasteiger partial charge in [0, 0.05) is 11.6 Å². The Morgan fingerprint density at radius 3 is 2.62 bits per heavy atom. The zero-order valence-corrected chi connectivity index (χ0v) is 15.6. The number of anilines is 2. The quantitative estimate of drug-likeness (QED) is 0.741. The van der Waals surface area contributed by atoms with E-state index in [1.807, 2.05) is 6.08 Å². The van der Waals surface area contributed by atoms with Crippen LogP contribution in [0.1, 0.15) is 19.3 Å². The highest BCUT2D eigenvalue weighted by atomic mass is 35.5. The molecule has 1 amide bonds. The van der Waals surface area contributed by atoms with Crippen molar-refractivity contribution in [2.24, 2.45) is 5.92 Å². The summed E-state index contributed by atoms with van der Waals surface area (Å²) in [6.45, 7) is 0. The molecule has 0 bridgehead atoms. The van der Waals surface area contributed by atoms with E-state index in [0.717, 1.165) is 12.8 Å². The number of para-hydroxylation sites is 1. The fourth-order valence-corrected chi connectivity index (χ4v) is 4.13. The highest BCUT2D eigenvalue weighted by molar-refractivity contribution is 7.92. The third-order valence-corrected chi connectivity index (χ3v) is 5.86. The summed E-state index contributed by atoms with van der Waals surface area (Å²) < 4.78 is 27.7. The van der Waals surface area contributed by atoms with Gasteiger partial charge in [-0.2, -0.15) is 0 Å². The monoisotopic (exact) mass is 390 g/mol. The third kappa shape index (κ3) is 4.45. The minimum absolute atomic E-state index is 0.0544. The molecule has 2 aromatic rings. The van der Waals surface area contributed by atoms with Crippen molar-refractivity contribution in [2.45, 2.75) is 24.2 Å². The first-order chi connectivity index (χ1) is 12.5. The van der Waals surface area contributed by atoms with Gasteiger partial charge in [0.1, 0.15) is 0 Å². The number of carbonyl (C=O) groups is 1. The summed E-state index contributed by atoms with van der Waals surface area (Å²) in [6, 6.07) is 12.8. The number of nitrogens with one attached hydrogen (secondary N) is 2. The first kappa shape index (κ1) is 18.5. The molecule has 2 N–H and O–H groups in total. The molecular formula is C19H19ClN2O3S. The van der Waals surface area contributed by atoms with E-state index in [0.29, 0.717) is 22.8 Å². The molecule has 7 heteroatoms. The molecule has 0 radical (unpaired) electrons. The van der Waals surface area contributed by atoms with Crippen molar-refractivity contribution >= 4 is 38.9 Å². The van der Waals surface area contributed by atoms with E-state index in [1.54, 1.807) is 36.4 Å². The van der Waals surface area contributed by atoms with Crippen LogP contribution in [0.2, 0.25) is 5.02 Å². The lowest BCUT2D eigenvalue weighted by atomic mass is 9.93. The van der Waals surface area contributed by atoms with Gasteiger partial charge >= 0.3 is 0 Å². The molecule has 0 heterocycles. The second-order valence-corrected chi connectivity index (χ2v) is 8.17. The minimum atomic E-state index is -3.82. The van der Waals surface area contributed by atoms with E-state index in [4.69, 9.17) is 11.6 Å². The van der Waals surface area contributed by atoms with Gasteiger partial charge in [-0.25, -0.2) is 8.42 Å². The van der Waals surface area contributed by atoms with E-state index in [9.17, 15) is 13.2 Å². The predicted octanol–water partition coefficient (Wildman–Crippen LogP) is 4.44. The van der Waals surface area contributed by atoms with Gasteiger partial charge in [-0.1, -0.05) is 42.0 Å². The first-order valence-electron chi connectivity index (χ1n) is 8.29. The summed E-state index contributed by atoms with van der Waals surface area (Å²) in [5.74, 6) is -0.176. The van der Waals surface area contributed by atoms with Crippen LogP contribution < -0.4 is 10.0 Å². The van der Waals surface area contributed by atoms with Gasteiger partial charge in [0.05, 0.1) is 15.6 Å². The lowest BCUT2D eigenvalue weighted by molar-refractivity contribution is -0.120. The Bertz CT molecular complexity index is 941. The van der Waals surface area contributed by atoms with Gasteiger partial charge in [0.2, 0.25) is 5.91 Å². The standard InChI is InChI=1S/C19H19ClN2O3S/c20-17-11-4-5-12-18(17)22-26(24,25)16-10-6-9-15(13-16)21-19(23)14-7-2-1-3-8-14/h1-2,4-6,9-14,22H,3,7-8H2,(H,21,23). The Labute approximate surface area is 158 Å². The summed E-state index contributed by atoms with van der Waals surface area (Å²) in [5.41, 5.74) is 0.754. The van der Waals surface area contributed by atoms with Crippen molar-refractivity contribution in [3.05, 3.63) is 65.7 Å². The molecule has 0 saturated heterocycles. The Hall–Kier alpha value is -2.31. The van der Waals surface area contributed by atoms with Gasteiger partial charge in [0.15, 0.2) is 0 Å². The number of allylic oxidation sites excluding steroid dienone is 2. The molecule has 1 aliphatic carbocycles. The molecule has 0 saturated carbocycles. The topological polar surface area (TPSA) is 75.3 Å². The molecule has 26 heavy (non-hydrogen) atoms. The zero-order valence-electron chi connectivity index (χ0n) is 14.0. The van der Waals surface area contributed by atoms with E-state index in [-0.39, 0.29) is 16.7 Å². The largest absolute Gasteiger partial charge is 0.326 e. The van der Waals surface area contributed by atoms with E-state index in [2.05, 4.69) is 16.1 Å². The average molecular weight is 391 g/mol. The molecule has 0 aromatic heterocycles. The van der Waals surface area contributed by atoms with Crippen molar-refractivity contribution in [3.8, 4) is 0 Å². The van der Waals surface area contributed by atoms with Crippen LogP contribution >= 0.6 is 11.6 Å². The summed E-state index contributed by atoms with van der Waals surface area (Å²) in [4.78, 5) is 12.4. The second kappa shape index (κ2) is 7.93. The van der Waals surface area contributed by atoms with Gasteiger partial charge in [-0.05, 0) is 49.6 Å². The number of halogens is 1. The smallest absolute Gasteiger partial charge is 0.262 e. The molecule has 2 aromatic carbocycles. The number of hydrogen-bond acceptors (Lipinski definition) is 3. The van der Waals surface area contributed by atoms with Crippen LogP contribution in [0, 0.1) is 5.92 Å². The molecule has 0 fully saturated rings. The van der Waals surface area contributed by atoms with Crippen molar-refractivity contribution < 1.29 is 13.2 Å². The van der Waals surface area contributed by atoms with Crippen molar-refractivity contribution in [2.75, 3.05) is 10.0 Å². The van der Waals surface area contributed by atoms with Crippen molar-refractivity contribution in [1.82, 2.24) is 0 Å². The highest BCUT2D eigenvalue weighted by Crippen LogP contribution is 2.25. The highest BCUT2D eigenvalue weighted by Gasteiger charge is 2.20. The van der Waals surface area contributed by atoms with Gasteiger partial charge in [0.25, 0.3) is 10.0 Å². The number of sulfonamides is 1. The fraction of sp³-hybridized carbons (Fsp3) is 0.211. The Balaban J connectivity index is 1.76. The van der Waals surface area contributed by atoms with Crippen LogP contribution in [0.5, 0.6) is 0 Å². The normalized spacial score (nSPS) is 16.9. The second-order valence-electron chi connectivity index (χ2n) is 6.08. The first-order valence-corrected chi connectivity index (χ1v) is 10.1. The van der Waals surface area contributed by atoms with Crippen molar-refractivity contribution in [3.63, 3.8) is 0 Å². The SMILES string of the molecule is O=C(Nc1cccc(S(=O)(=O)Nc2ccccc2Cl)c1)C1CC=CCC1. The number of hydrogen-bond donors (Lipinski definition) is 2. The van der Waals surface area contributed by atoms with Crippen molar-refractivity contribution in [1.29, 1.82) is 0 Å². The number of rotatable bonds is 5. The fourth-order valence-electron chi connectivity index (χ4n) is 2.76. The molecular weight excluding hydrogens is 372 g/mol. The molecule has 5 nitrogen and oxygen atoms in total.